The van der Waals surface area contributed by atoms with Crippen molar-refractivity contribution in [1.82, 2.24) is 24.8 Å². The molecule has 2 fully saturated rings. The molecule has 3 aromatic heterocycles. The molecule has 1 aliphatic heterocycles. The van der Waals surface area contributed by atoms with Gasteiger partial charge < -0.3 is 14.6 Å². The Morgan fingerprint density at radius 3 is 2.76 bits per heavy atom. The summed E-state index contributed by atoms with van der Waals surface area (Å²) < 4.78 is 7.62. The highest BCUT2D eigenvalue weighted by atomic mass is 16.4. The summed E-state index contributed by atoms with van der Waals surface area (Å²) in [5, 5.41) is 16.5. The Balaban J connectivity index is 1.35. The van der Waals surface area contributed by atoms with Crippen LogP contribution in [-0.4, -0.2) is 45.7 Å². The van der Waals surface area contributed by atoms with Crippen LogP contribution in [0, 0.1) is 11.3 Å². The van der Waals surface area contributed by atoms with Crippen molar-refractivity contribution in [2.24, 2.45) is 0 Å². The number of rotatable bonds is 4. The Labute approximate surface area is 195 Å². The van der Waals surface area contributed by atoms with Gasteiger partial charge in [0.05, 0.1) is 0 Å². The van der Waals surface area contributed by atoms with Crippen LogP contribution in [-0.2, 0) is 0 Å². The third kappa shape index (κ3) is 3.64. The van der Waals surface area contributed by atoms with Crippen LogP contribution >= 0.6 is 0 Å². The summed E-state index contributed by atoms with van der Waals surface area (Å²) in [5.41, 5.74) is 2.86. The van der Waals surface area contributed by atoms with Crippen LogP contribution in [0.4, 0.5) is 17.7 Å². The zero-order valence-electron chi connectivity index (χ0n) is 18.6. The van der Waals surface area contributed by atoms with E-state index >= 15 is 0 Å². The maximum Gasteiger partial charge on any atom is 0.302 e. The number of nitriles is 1. The summed E-state index contributed by atoms with van der Waals surface area (Å²) in [5.74, 6) is 0.289. The summed E-state index contributed by atoms with van der Waals surface area (Å²) in [6.07, 6.45) is 5.55. The molecular formula is C24H24N8O2. The second kappa shape index (κ2) is 8.43. The van der Waals surface area contributed by atoms with E-state index in [0.717, 1.165) is 63.1 Å². The molecule has 0 bridgehead atoms. The van der Waals surface area contributed by atoms with Gasteiger partial charge in [-0.05, 0) is 31.0 Å². The predicted octanol–water partition coefficient (Wildman–Crippen LogP) is 3.07. The van der Waals surface area contributed by atoms with E-state index in [2.05, 4.69) is 36.6 Å². The third-order valence-electron chi connectivity index (χ3n) is 6.66. The molecule has 0 amide bonds. The number of oxazole rings is 1. The number of benzene rings is 1. The maximum absolute atomic E-state index is 13.0. The second-order valence-electron chi connectivity index (χ2n) is 8.79. The van der Waals surface area contributed by atoms with Crippen LogP contribution in [0.15, 0.2) is 39.7 Å². The number of fused-ring (bicyclic) bond motifs is 2. The van der Waals surface area contributed by atoms with Crippen LogP contribution in [0.1, 0.15) is 37.3 Å². The number of aromatic nitrogens is 4. The Morgan fingerprint density at radius 2 is 1.97 bits per heavy atom. The molecule has 1 aromatic carbocycles. The van der Waals surface area contributed by atoms with Gasteiger partial charge in [-0.25, -0.2) is 4.98 Å². The first-order valence-electron chi connectivity index (χ1n) is 11.7. The van der Waals surface area contributed by atoms with Crippen molar-refractivity contribution in [3.05, 3.63) is 46.4 Å². The van der Waals surface area contributed by atoms with Gasteiger partial charge in [0.2, 0.25) is 5.95 Å². The molecule has 6 rings (SSSR count). The molecule has 2 aliphatic rings. The van der Waals surface area contributed by atoms with Crippen LogP contribution in [0.5, 0.6) is 0 Å². The minimum absolute atomic E-state index is 0.0405. The summed E-state index contributed by atoms with van der Waals surface area (Å²) in [6, 6.07) is 9.90. The van der Waals surface area contributed by atoms with Gasteiger partial charge in [-0.1, -0.05) is 12.8 Å². The number of pyridine rings is 1. The smallest absolute Gasteiger partial charge is 0.302 e. The van der Waals surface area contributed by atoms with Gasteiger partial charge in [0.25, 0.3) is 5.56 Å². The van der Waals surface area contributed by atoms with Crippen LogP contribution in [0.3, 0.4) is 0 Å². The van der Waals surface area contributed by atoms with Crippen LogP contribution in [0.25, 0.3) is 22.1 Å². The highest BCUT2D eigenvalue weighted by molar-refractivity contribution is 5.80. The summed E-state index contributed by atoms with van der Waals surface area (Å²) in [6.45, 7) is 3.82. The molecule has 34 heavy (non-hydrogen) atoms. The lowest BCUT2D eigenvalue weighted by Gasteiger charge is -2.29. The number of nitrogens with one attached hydrogen (secondary N) is 2. The topological polar surface area (TPSA) is 125 Å². The SMILES string of the molecule is N#Cc1cc2cnc(Nc3nc4ccc(N5CCNCC5)cc4o3)nc2n(C2CCCC2)c1=O. The van der Waals surface area contributed by atoms with Gasteiger partial charge in [0.1, 0.15) is 22.8 Å². The maximum atomic E-state index is 13.0. The van der Waals surface area contributed by atoms with E-state index in [0.29, 0.717) is 16.6 Å². The van der Waals surface area contributed by atoms with Gasteiger partial charge in [-0.3, -0.25) is 14.7 Å². The normalized spacial score (nSPS) is 16.9. The number of anilines is 3. The molecule has 0 spiro atoms. The first-order valence-corrected chi connectivity index (χ1v) is 11.7. The molecule has 4 aromatic rings. The molecule has 2 N–H and O–H groups in total. The van der Waals surface area contributed by atoms with Crippen molar-refractivity contribution >= 4 is 39.8 Å². The van der Waals surface area contributed by atoms with Gasteiger partial charge in [-0.2, -0.15) is 15.2 Å². The van der Waals surface area contributed by atoms with E-state index in [1.807, 2.05) is 18.2 Å². The first-order chi connectivity index (χ1) is 16.7. The van der Waals surface area contributed by atoms with Gasteiger partial charge in [0.15, 0.2) is 5.58 Å². The highest BCUT2D eigenvalue weighted by Crippen LogP contribution is 2.31. The van der Waals surface area contributed by atoms with E-state index in [-0.39, 0.29) is 29.1 Å². The van der Waals surface area contributed by atoms with Crippen molar-refractivity contribution in [1.29, 1.82) is 5.26 Å². The Hall–Kier alpha value is -3.97. The van der Waals surface area contributed by atoms with Crippen LogP contribution < -0.4 is 21.1 Å². The molecular weight excluding hydrogens is 432 g/mol. The summed E-state index contributed by atoms with van der Waals surface area (Å²) in [4.78, 5) is 28.8. The quantitative estimate of drug-likeness (QED) is 0.476. The molecule has 4 heterocycles. The molecule has 1 aliphatic carbocycles. The average molecular weight is 457 g/mol. The van der Waals surface area contributed by atoms with E-state index in [1.54, 1.807) is 16.8 Å². The Bertz CT molecular complexity index is 1470. The second-order valence-corrected chi connectivity index (χ2v) is 8.79. The van der Waals surface area contributed by atoms with Crippen molar-refractivity contribution < 1.29 is 4.42 Å². The van der Waals surface area contributed by atoms with Crippen molar-refractivity contribution in [3.8, 4) is 6.07 Å². The standard InChI is InChI=1S/C24H24N8O2/c25-13-15-11-16-14-27-23(29-21(16)32(22(15)33)17-3-1-2-4-17)30-24-28-19-6-5-18(12-20(19)34-24)31-9-7-26-8-10-31/h5-6,11-12,14,17,26H,1-4,7-10H2,(H,27,28,29,30). The van der Waals surface area contributed by atoms with Crippen molar-refractivity contribution in [2.45, 2.75) is 31.7 Å². The van der Waals surface area contributed by atoms with Gasteiger partial charge in [-0.15, -0.1) is 0 Å². The van der Waals surface area contributed by atoms with E-state index in [9.17, 15) is 10.1 Å². The fraction of sp³-hybridized carbons (Fsp3) is 0.375. The molecule has 172 valence electrons. The fourth-order valence-electron chi connectivity index (χ4n) is 4.94. The molecule has 1 saturated heterocycles. The minimum atomic E-state index is -0.297. The monoisotopic (exact) mass is 456 g/mol. The van der Waals surface area contributed by atoms with Gasteiger partial charge in [0, 0.05) is 55.6 Å². The average Bonchev–Trinajstić information content (AvgIpc) is 3.53. The molecule has 10 heteroatoms. The third-order valence-corrected chi connectivity index (χ3v) is 6.66. The minimum Gasteiger partial charge on any atom is -0.423 e. The lowest BCUT2D eigenvalue weighted by Crippen LogP contribution is -2.43. The lowest BCUT2D eigenvalue weighted by atomic mass is 10.2. The molecule has 1 saturated carbocycles. The zero-order chi connectivity index (χ0) is 23.1. The first kappa shape index (κ1) is 20.6. The number of hydrogen-bond acceptors (Lipinski definition) is 9. The van der Waals surface area contributed by atoms with Crippen molar-refractivity contribution in [3.63, 3.8) is 0 Å². The van der Waals surface area contributed by atoms with Gasteiger partial charge >= 0.3 is 6.01 Å². The van der Waals surface area contributed by atoms with E-state index in [4.69, 9.17) is 4.42 Å². The zero-order valence-corrected chi connectivity index (χ0v) is 18.6. The Kier molecular flexibility index (Phi) is 5.11. The largest absolute Gasteiger partial charge is 0.423 e. The summed E-state index contributed by atoms with van der Waals surface area (Å²) in [7, 11) is 0. The fourth-order valence-corrected chi connectivity index (χ4v) is 4.94. The highest BCUT2D eigenvalue weighted by Gasteiger charge is 2.23. The Morgan fingerprint density at radius 1 is 1.15 bits per heavy atom. The predicted molar refractivity (Wildman–Crippen MR) is 128 cm³/mol. The molecule has 0 atom stereocenters. The molecule has 0 unspecified atom stereocenters. The summed E-state index contributed by atoms with van der Waals surface area (Å²) >= 11 is 0. The van der Waals surface area contributed by atoms with E-state index in [1.165, 1.54) is 0 Å². The number of nitrogens with zero attached hydrogens (tertiary/aromatic N) is 6. The lowest BCUT2D eigenvalue weighted by molar-refractivity contribution is 0.515. The van der Waals surface area contributed by atoms with E-state index < -0.39 is 0 Å². The van der Waals surface area contributed by atoms with Crippen LogP contribution in [0.2, 0.25) is 0 Å². The van der Waals surface area contributed by atoms with Crippen molar-refractivity contribution in [2.75, 3.05) is 36.4 Å². The number of piperazine rings is 1. The number of hydrogen-bond donors (Lipinski definition) is 2. The molecule has 10 nitrogen and oxygen atoms in total. The molecule has 0 radical (unpaired) electrons.